The van der Waals surface area contributed by atoms with Crippen LogP contribution in [0.15, 0.2) is 66.8 Å². The zero-order valence-corrected chi connectivity index (χ0v) is 38.6. The molecule has 0 bridgehead atoms. The fourth-order valence-electron chi connectivity index (χ4n) is 8.94. The van der Waals surface area contributed by atoms with Crippen LogP contribution in [0.3, 0.4) is 0 Å². The lowest BCUT2D eigenvalue weighted by atomic mass is 10.0. The number of rotatable bonds is 44. The molecule has 0 spiro atoms. The van der Waals surface area contributed by atoms with Crippen LogP contribution in [0.2, 0.25) is 0 Å². The number of hydrogen-bond acceptors (Lipinski definition) is 0. The molecule has 0 radical (unpaired) electrons. The van der Waals surface area contributed by atoms with Crippen molar-refractivity contribution >= 4 is 0 Å². The van der Waals surface area contributed by atoms with Crippen LogP contribution in [-0.2, 0) is 6.54 Å². The van der Waals surface area contributed by atoms with E-state index in [9.17, 15) is 0 Å². The molecular formula is C55H100N+. The molecule has 1 aromatic rings. The average molecular weight is 775 g/mol. The molecule has 0 aliphatic heterocycles. The van der Waals surface area contributed by atoms with Crippen LogP contribution in [0.1, 0.15) is 257 Å². The molecular weight excluding hydrogens is 675 g/mol. The largest absolute Gasteiger partial charge is 0.320 e. The lowest BCUT2D eigenvalue weighted by Gasteiger charge is -2.39. The summed E-state index contributed by atoms with van der Waals surface area (Å²) in [5.41, 5.74) is 1.57. The van der Waals surface area contributed by atoms with Crippen LogP contribution < -0.4 is 0 Å². The van der Waals surface area contributed by atoms with E-state index in [0.29, 0.717) is 0 Å². The lowest BCUT2D eigenvalue weighted by Crippen LogP contribution is -2.49. The van der Waals surface area contributed by atoms with Crippen LogP contribution in [0.5, 0.6) is 0 Å². The summed E-state index contributed by atoms with van der Waals surface area (Å²) in [6, 6.07) is 11.6. The third-order valence-electron chi connectivity index (χ3n) is 12.6. The lowest BCUT2D eigenvalue weighted by molar-refractivity contribution is -0.941. The van der Waals surface area contributed by atoms with E-state index in [-0.39, 0.29) is 0 Å². The molecule has 0 saturated carbocycles. The van der Waals surface area contributed by atoms with Gasteiger partial charge in [0.15, 0.2) is 0 Å². The Balaban J connectivity index is 2.50. The standard InChI is InChI=1S/C55H100N/c1-4-7-10-13-16-19-22-25-28-31-34-37-40-46-51-56(54-55-49-44-43-45-50-55,52-47-41-38-35-32-29-26-23-20-17-14-11-8-5-2)53-48-42-39-36-33-30-27-24-21-18-15-12-9-6-3/h4-9,43-45,49-50H,10-42,46-48,51-54H2,1-3H3/q+1/b7-4+,8-5+,9-6+. The highest BCUT2D eigenvalue weighted by Crippen LogP contribution is 2.23. The molecule has 0 heterocycles. The monoisotopic (exact) mass is 775 g/mol. The van der Waals surface area contributed by atoms with Gasteiger partial charge in [-0.3, -0.25) is 0 Å². The molecule has 0 aliphatic carbocycles. The summed E-state index contributed by atoms with van der Waals surface area (Å²) in [4.78, 5) is 0. The number of unbranched alkanes of at least 4 members (excludes halogenated alkanes) is 33. The van der Waals surface area contributed by atoms with Gasteiger partial charge in [-0.05, 0) is 97.8 Å². The van der Waals surface area contributed by atoms with E-state index in [2.05, 4.69) is 87.6 Å². The predicted molar refractivity (Wildman–Crippen MR) is 256 cm³/mol. The van der Waals surface area contributed by atoms with E-state index in [4.69, 9.17) is 0 Å². The van der Waals surface area contributed by atoms with E-state index in [1.165, 1.54) is 262 Å². The van der Waals surface area contributed by atoms with E-state index in [0.717, 1.165) is 0 Å². The first kappa shape index (κ1) is 52.4. The zero-order valence-electron chi connectivity index (χ0n) is 38.6. The van der Waals surface area contributed by atoms with Crippen molar-refractivity contribution in [3.8, 4) is 0 Å². The Hall–Kier alpha value is -1.60. The minimum atomic E-state index is 1.25. The normalized spacial score (nSPS) is 12.3. The summed E-state index contributed by atoms with van der Waals surface area (Å²) in [5, 5.41) is 0. The molecule has 1 rings (SSSR count). The SMILES string of the molecule is C/C=C/CCCCCCCCCCCCC[N+](CCCCCCCCCCCCC/C=C/C)(CCCCCCCCCCCCC/C=C/C)Cc1ccccc1. The Labute approximate surface area is 353 Å². The Bertz CT molecular complexity index is 879. The molecule has 324 valence electrons. The highest BCUT2D eigenvalue weighted by atomic mass is 15.3. The van der Waals surface area contributed by atoms with Crippen molar-refractivity contribution in [2.45, 2.75) is 258 Å². The summed E-state index contributed by atoms with van der Waals surface area (Å²) < 4.78 is 1.35. The number of quaternary nitrogens is 1. The maximum atomic E-state index is 2.42. The van der Waals surface area contributed by atoms with Crippen LogP contribution in [0.4, 0.5) is 0 Å². The Morgan fingerprint density at radius 2 is 0.536 bits per heavy atom. The van der Waals surface area contributed by atoms with Crippen molar-refractivity contribution in [2.75, 3.05) is 19.6 Å². The van der Waals surface area contributed by atoms with E-state index >= 15 is 0 Å². The third kappa shape index (κ3) is 35.6. The van der Waals surface area contributed by atoms with Gasteiger partial charge in [-0.1, -0.05) is 221 Å². The predicted octanol–water partition coefficient (Wildman–Crippen LogP) is 18.8. The Morgan fingerprint density at radius 3 is 0.786 bits per heavy atom. The van der Waals surface area contributed by atoms with Crippen LogP contribution in [0.25, 0.3) is 0 Å². The topological polar surface area (TPSA) is 0 Å². The minimum Gasteiger partial charge on any atom is -0.320 e. The molecule has 0 atom stereocenters. The van der Waals surface area contributed by atoms with Crippen molar-refractivity contribution in [3.63, 3.8) is 0 Å². The zero-order chi connectivity index (χ0) is 40.1. The van der Waals surface area contributed by atoms with Crippen molar-refractivity contribution < 1.29 is 4.48 Å². The third-order valence-corrected chi connectivity index (χ3v) is 12.6. The molecule has 0 amide bonds. The van der Waals surface area contributed by atoms with Gasteiger partial charge in [-0.15, -0.1) is 0 Å². The first-order chi connectivity index (χ1) is 27.8. The second kappa shape index (κ2) is 43.0. The Kier molecular flexibility index (Phi) is 40.2. The second-order valence-corrected chi connectivity index (χ2v) is 17.9. The van der Waals surface area contributed by atoms with Crippen LogP contribution >= 0.6 is 0 Å². The van der Waals surface area contributed by atoms with Crippen molar-refractivity contribution in [2.24, 2.45) is 0 Å². The molecule has 0 saturated heterocycles. The highest BCUT2D eigenvalue weighted by molar-refractivity contribution is 5.13. The fourth-order valence-corrected chi connectivity index (χ4v) is 8.94. The van der Waals surface area contributed by atoms with Crippen molar-refractivity contribution in [3.05, 3.63) is 72.4 Å². The molecule has 0 unspecified atom stereocenters. The van der Waals surface area contributed by atoms with Gasteiger partial charge in [-0.25, -0.2) is 0 Å². The summed E-state index contributed by atoms with van der Waals surface area (Å²) in [6.45, 7) is 11.9. The number of hydrogen-bond donors (Lipinski definition) is 0. The van der Waals surface area contributed by atoms with Gasteiger partial charge in [0.1, 0.15) is 6.54 Å². The second-order valence-electron chi connectivity index (χ2n) is 17.9. The van der Waals surface area contributed by atoms with Crippen LogP contribution in [0, 0.1) is 0 Å². The molecule has 0 aromatic heterocycles. The first-order valence-corrected chi connectivity index (χ1v) is 25.5. The molecule has 1 nitrogen and oxygen atoms in total. The first-order valence-electron chi connectivity index (χ1n) is 25.5. The van der Waals surface area contributed by atoms with Gasteiger partial charge in [0.2, 0.25) is 0 Å². The van der Waals surface area contributed by atoms with Crippen LogP contribution in [-0.4, -0.2) is 24.1 Å². The molecule has 0 fully saturated rings. The molecule has 0 N–H and O–H groups in total. The number of allylic oxidation sites excluding steroid dienone is 6. The van der Waals surface area contributed by atoms with E-state index in [1.54, 1.807) is 5.56 Å². The van der Waals surface area contributed by atoms with Gasteiger partial charge in [0.05, 0.1) is 19.6 Å². The summed E-state index contributed by atoms with van der Waals surface area (Å²) >= 11 is 0. The van der Waals surface area contributed by atoms with Crippen molar-refractivity contribution in [1.29, 1.82) is 0 Å². The fraction of sp³-hybridized carbons (Fsp3) is 0.782. The molecule has 1 aromatic carbocycles. The summed E-state index contributed by atoms with van der Waals surface area (Å²) in [6.07, 6.45) is 64.8. The maximum Gasteiger partial charge on any atom is 0.104 e. The summed E-state index contributed by atoms with van der Waals surface area (Å²) in [5.74, 6) is 0. The average Bonchev–Trinajstić information content (AvgIpc) is 3.21. The van der Waals surface area contributed by atoms with Gasteiger partial charge in [0, 0.05) is 5.56 Å². The highest BCUT2D eigenvalue weighted by Gasteiger charge is 2.26. The maximum absolute atomic E-state index is 2.42. The van der Waals surface area contributed by atoms with Gasteiger partial charge < -0.3 is 4.48 Å². The van der Waals surface area contributed by atoms with E-state index < -0.39 is 0 Å². The number of benzene rings is 1. The van der Waals surface area contributed by atoms with Gasteiger partial charge >= 0.3 is 0 Å². The van der Waals surface area contributed by atoms with Gasteiger partial charge in [0.25, 0.3) is 0 Å². The summed E-state index contributed by atoms with van der Waals surface area (Å²) in [7, 11) is 0. The molecule has 0 aliphatic rings. The smallest absolute Gasteiger partial charge is 0.104 e. The molecule has 56 heavy (non-hydrogen) atoms. The molecule has 1 heteroatoms. The minimum absolute atomic E-state index is 1.25. The van der Waals surface area contributed by atoms with E-state index in [1.807, 2.05) is 0 Å². The van der Waals surface area contributed by atoms with Crippen molar-refractivity contribution in [1.82, 2.24) is 0 Å². The van der Waals surface area contributed by atoms with Gasteiger partial charge in [-0.2, -0.15) is 0 Å². The Morgan fingerprint density at radius 1 is 0.304 bits per heavy atom. The quantitative estimate of drug-likeness (QED) is 0.0352. The number of nitrogens with zero attached hydrogens (tertiary/aromatic N) is 1.